The Hall–Kier alpha value is -7.39. The molecular formula is C45H25N5. The molecule has 5 heteroatoms. The van der Waals surface area contributed by atoms with Crippen LogP contribution in [-0.4, -0.2) is 9.13 Å². The van der Waals surface area contributed by atoms with E-state index >= 15 is 0 Å². The van der Waals surface area contributed by atoms with Crippen molar-refractivity contribution in [1.29, 1.82) is 10.5 Å². The van der Waals surface area contributed by atoms with Gasteiger partial charge in [0.25, 0.3) is 0 Å². The second-order valence-electron chi connectivity index (χ2n) is 12.3. The molecule has 0 fully saturated rings. The molecule has 0 bridgehead atoms. The van der Waals surface area contributed by atoms with Crippen LogP contribution >= 0.6 is 0 Å². The lowest BCUT2D eigenvalue weighted by molar-refractivity contribution is 1.17. The van der Waals surface area contributed by atoms with Gasteiger partial charge >= 0.3 is 0 Å². The number of aromatic nitrogens is 2. The molecule has 0 saturated carbocycles. The third kappa shape index (κ3) is 4.31. The van der Waals surface area contributed by atoms with Crippen molar-refractivity contribution in [3.63, 3.8) is 0 Å². The highest BCUT2D eigenvalue weighted by molar-refractivity contribution is 6.11. The average molecular weight is 636 g/mol. The number of nitriles is 2. The Balaban J connectivity index is 1.30. The van der Waals surface area contributed by atoms with Crippen LogP contribution in [0.4, 0.5) is 5.69 Å². The van der Waals surface area contributed by atoms with Crippen LogP contribution in [0.2, 0.25) is 0 Å². The molecule has 0 aliphatic heterocycles. The Morgan fingerprint density at radius 1 is 0.460 bits per heavy atom. The number of rotatable bonds is 4. The summed E-state index contributed by atoms with van der Waals surface area (Å²) in [6.07, 6.45) is 0. The van der Waals surface area contributed by atoms with E-state index in [1.165, 1.54) is 0 Å². The van der Waals surface area contributed by atoms with Crippen LogP contribution in [0.3, 0.4) is 0 Å². The molecular weight excluding hydrogens is 611 g/mol. The van der Waals surface area contributed by atoms with E-state index in [-0.39, 0.29) is 0 Å². The van der Waals surface area contributed by atoms with Crippen molar-refractivity contribution in [3.8, 4) is 45.8 Å². The van der Waals surface area contributed by atoms with Gasteiger partial charge < -0.3 is 9.13 Å². The molecule has 0 aliphatic carbocycles. The average Bonchev–Trinajstić information content (AvgIpc) is 3.70. The number of hydrogen-bond acceptors (Lipinski definition) is 2. The molecule has 50 heavy (non-hydrogen) atoms. The number of hydrogen-bond donors (Lipinski definition) is 0. The summed E-state index contributed by atoms with van der Waals surface area (Å²) < 4.78 is 4.40. The monoisotopic (exact) mass is 635 g/mol. The fourth-order valence-corrected chi connectivity index (χ4v) is 7.43. The highest BCUT2D eigenvalue weighted by atomic mass is 15.0. The quantitative estimate of drug-likeness (QED) is 0.181. The predicted molar refractivity (Wildman–Crippen MR) is 202 cm³/mol. The second kappa shape index (κ2) is 11.4. The zero-order valence-electron chi connectivity index (χ0n) is 26.7. The molecule has 0 spiro atoms. The van der Waals surface area contributed by atoms with E-state index in [1.807, 2.05) is 66.7 Å². The van der Waals surface area contributed by atoms with Gasteiger partial charge in [0.1, 0.15) is 6.07 Å². The third-order valence-corrected chi connectivity index (χ3v) is 9.62. The van der Waals surface area contributed by atoms with Crippen LogP contribution in [0.25, 0.3) is 82.1 Å². The molecule has 0 unspecified atom stereocenters. The summed E-state index contributed by atoms with van der Waals surface area (Å²) in [4.78, 5) is 3.82. The molecule has 0 aliphatic rings. The van der Waals surface area contributed by atoms with Crippen LogP contribution in [0, 0.1) is 29.2 Å². The second-order valence-corrected chi connectivity index (χ2v) is 12.3. The maximum absolute atomic E-state index is 10.4. The number of para-hydroxylation sites is 3. The summed E-state index contributed by atoms with van der Waals surface area (Å²) in [6.45, 7) is 7.88. The van der Waals surface area contributed by atoms with E-state index < -0.39 is 0 Å². The molecule has 0 saturated heterocycles. The third-order valence-electron chi connectivity index (χ3n) is 9.62. The molecule has 2 heterocycles. The summed E-state index contributed by atoms with van der Waals surface area (Å²) in [5, 5.41) is 24.3. The van der Waals surface area contributed by atoms with Gasteiger partial charge in [-0.15, -0.1) is 0 Å². The lowest BCUT2D eigenvalue weighted by Crippen LogP contribution is -2.00. The fraction of sp³-hybridized carbons (Fsp3) is 0. The highest BCUT2D eigenvalue weighted by Gasteiger charge is 2.20. The van der Waals surface area contributed by atoms with Crippen molar-refractivity contribution in [2.75, 3.05) is 0 Å². The van der Waals surface area contributed by atoms with Crippen molar-refractivity contribution in [2.24, 2.45) is 0 Å². The summed E-state index contributed by atoms with van der Waals surface area (Å²) >= 11 is 0. The van der Waals surface area contributed by atoms with Crippen LogP contribution in [0.1, 0.15) is 11.1 Å². The van der Waals surface area contributed by atoms with Crippen molar-refractivity contribution in [1.82, 2.24) is 9.13 Å². The van der Waals surface area contributed by atoms with E-state index in [4.69, 9.17) is 6.57 Å². The van der Waals surface area contributed by atoms with E-state index in [0.717, 1.165) is 77.2 Å². The van der Waals surface area contributed by atoms with Gasteiger partial charge in [-0.1, -0.05) is 97.1 Å². The Kier molecular flexibility index (Phi) is 6.56. The molecule has 230 valence electrons. The van der Waals surface area contributed by atoms with Gasteiger partial charge in [-0.2, -0.15) is 10.5 Å². The summed E-state index contributed by atoms with van der Waals surface area (Å²) in [7, 11) is 0. The molecule has 0 atom stereocenters. The van der Waals surface area contributed by atoms with Crippen LogP contribution in [0.15, 0.2) is 152 Å². The van der Waals surface area contributed by atoms with E-state index in [2.05, 4.69) is 111 Å². The Labute approximate surface area is 288 Å². The summed E-state index contributed by atoms with van der Waals surface area (Å²) in [6, 6.07) is 55.5. The maximum Gasteiger partial charge on any atom is 0.189 e. The van der Waals surface area contributed by atoms with Gasteiger partial charge in [0.05, 0.1) is 51.5 Å². The Morgan fingerprint density at radius 3 is 1.68 bits per heavy atom. The van der Waals surface area contributed by atoms with Crippen LogP contribution in [0.5, 0.6) is 0 Å². The lowest BCUT2D eigenvalue weighted by Gasteiger charge is -2.18. The van der Waals surface area contributed by atoms with E-state index in [0.29, 0.717) is 16.8 Å². The summed E-state index contributed by atoms with van der Waals surface area (Å²) in [5.41, 5.74) is 11.4. The fourth-order valence-electron chi connectivity index (χ4n) is 7.43. The Bertz CT molecular complexity index is 2920. The van der Waals surface area contributed by atoms with Gasteiger partial charge in [-0.25, -0.2) is 4.85 Å². The van der Waals surface area contributed by atoms with Crippen molar-refractivity contribution in [2.45, 2.75) is 0 Å². The van der Waals surface area contributed by atoms with Crippen molar-refractivity contribution >= 4 is 49.3 Å². The van der Waals surface area contributed by atoms with Crippen molar-refractivity contribution < 1.29 is 0 Å². The van der Waals surface area contributed by atoms with E-state index in [9.17, 15) is 10.5 Å². The summed E-state index contributed by atoms with van der Waals surface area (Å²) in [5.74, 6) is 0. The first kappa shape index (κ1) is 28.8. The molecule has 9 rings (SSSR count). The van der Waals surface area contributed by atoms with Gasteiger partial charge in [-0.05, 0) is 71.3 Å². The van der Waals surface area contributed by atoms with Gasteiger partial charge in [0.15, 0.2) is 5.69 Å². The normalized spacial score (nSPS) is 11.1. The molecule has 0 amide bonds. The standard InChI is InChI=1S/C45H25N5/c1-48-32-21-22-38(45(26-32)50-40-15-7-4-12-35(40)36-13-5-8-16-41(36)50)34-11-3-2-10-33(34)30-19-20-31(28-47)44(25-30)49-42-17-9-6-14-37(42)39-24-29(27-46)18-23-43(39)49/h2-26H. The zero-order chi connectivity index (χ0) is 33.8. The SMILES string of the molecule is [C-]#[N+]c1ccc(-c2ccccc2-c2ccc(C#N)c(-n3c4ccccc4c4cc(C#N)ccc43)c2)c(-n2c3ccccc3c3ccccc32)c1. The maximum atomic E-state index is 10.4. The topological polar surface area (TPSA) is 61.8 Å². The minimum atomic E-state index is 0.547. The minimum absolute atomic E-state index is 0.547. The number of benzene rings is 7. The molecule has 0 radical (unpaired) electrons. The van der Waals surface area contributed by atoms with Crippen LogP contribution in [-0.2, 0) is 0 Å². The molecule has 2 aromatic heterocycles. The molecule has 5 nitrogen and oxygen atoms in total. The predicted octanol–water partition coefficient (Wildman–Crippen LogP) is 11.5. The lowest BCUT2D eigenvalue weighted by atomic mass is 9.92. The Morgan fingerprint density at radius 2 is 1.04 bits per heavy atom. The van der Waals surface area contributed by atoms with Gasteiger partial charge in [-0.3, -0.25) is 0 Å². The first-order chi connectivity index (χ1) is 24.7. The first-order valence-electron chi connectivity index (χ1n) is 16.3. The zero-order valence-corrected chi connectivity index (χ0v) is 26.7. The largest absolute Gasteiger partial charge is 0.310 e. The van der Waals surface area contributed by atoms with Crippen molar-refractivity contribution in [3.05, 3.63) is 174 Å². The number of fused-ring (bicyclic) bond motifs is 6. The van der Waals surface area contributed by atoms with Gasteiger partial charge in [0.2, 0.25) is 0 Å². The van der Waals surface area contributed by atoms with Gasteiger partial charge in [0, 0.05) is 32.8 Å². The van der Waals surface area contributed by atoms with E-state index in [1.54, 1.807) is 0 Å². The molecule has 0 N–H and O–H groups in total. The first-order valence-corrected chi connectivity index (χ1v) is 16.3. The number of nitrogens with zero attached hydrogens (tertiary/aromatic N) is 5. The molecule has 7 aromatic carbocycles. The highest BCUT2D eigenvalue weighted by Crippen LogP contribution is 2.42. The molecule has 9 aromatic rings. The smallest absolute Gasteiger partial charge is 0.189 e. The van der Waals surface area contributed by atoms with Crippen LogP contribution < -0.4 is 0 Å². The minimum Gasteiger partial charge on any atom is -0.310 e.